The van der Waals surface area contributed by atoms with Crippen molar-refractivity contribution in [3.05, 3.63) is 46.6 Å². The maximum Gasteiger partial charge on any atom is 0.313 e. The summed E-state index contributed by atoms with van der Waals surface area (Å²) in [6, 6.07) is 8.05. The lowest BCUT2D eigenvalue weighted by atomic mass is 9.66. The highest BCUT2D eigenvalue weighted by Crippen LogP contribution is 2.49. The van der Waals surface area contributed by atoms with Crippen LogP contribution in [-0.4, -0.2) is 58.3 Å². The third-order valence-electron chi connectivity index (χ3n) is 9.01. The molecule has 0 spiro atoms. The predicted molar refractivity (Wildman–Crippen MR) is 156 cm³/mol. The van der Waals surface area contributed by atoms with E-state index in [1.807, 2.05) is 18.3 Å². The molecule has 3 aromatic rings. The van der Waals surface area contributed by atoms with Crippen LogP contribution in [0.25, 0.3) is 10.2 Å². The summed E-state index contributed by atoms with van der Waals surface area (Å²) in [4.78, 5) is 39.9. The lowest BCUT2D eigenvalue weighted by molar-refractivity contribution is -0.146. The largest absolute Gasteiger partial charge is 0.383 e. The zero-order valence-electron chi connectivity index (χ0n) is 23.0. The Bertz CT molecular complexity index is 1390. The van der Waals surface area contributed by atoms with Gasteiger partial charge in [0.25, 0.3) is 0 Å². The Kier molecular flexibility index (Phi) is 7.05. The Morgan fingerprint density at radius 2 is 1.92 bits per heavy atom. The van der Waals surface area contributed by atoms with Crippen LogP contribution in [0, 0.1) is 17.8 Å². The summed E-state index contributed by atoms with van der Waals surface area (Å²) in [6.07, 6.45) is 6.55. The number of amides is 2. The molecular weight excluding hydrogens is 508 g/mol. The number of benzene rings is 1. The minimum atomic E-state index is -0.642. The zero-order chi connectivity index (χ0) is 27.3. The highest BCUT2D eigenvalue weighted by molar-refractivity contribution is 7.18. The van der Waals surface area contributed by atoms with Crippen LogP contribution in [0.2, 0.25) is 0 Å². The van der Waals surface area contributed by atoms with Crippen molar-refractivity contribution in [3.8, 4) is 0 Å². The summed E-state index contributed by atoms with van der Waals surface area (Å²) in [7, 11) is 2.20. The van der Waals surface area contributed by atoms with Gasteiger partial charge in [-0.25, -0.2) is 9.97 Å². The second kappa shape index (κ2) is 10.5. The number of aromatic nitrogens is 2. The number of nitrogen functional groups attached to an aromatic ring is 1. The first-order valence-electron chi connectivity index (χ1n) is 14.2. The first-order chi connectivity index (χ1) is 18.8. The number of aryl methyl sites for hydroxylation is 1. The van der Waals surface area contributed by atoms with Crippen LogP contribution in [0.3, 0.4) is 0 Å². The molecule has 6 rings (SSSR count). The van der Waals surface area contributed by atoms with Crippen molar-refractivity contribution < 1.29 is 9.59 Å². The van der Waals surface area contributed by atoms with E-state index in [1.165, 1.54) is 41.8 Å². The van der Waals surface area contributed by atoms with E-state index >= 15 is 0 Å². The fourth-order valence-corrected chi connectivity index (χ4v) is 7.62. The molecule has 2 aromatic heterocycles. The lowest BCUT2D eigenvalue weighted by Crippen LogP contribution is -2.50. The number of nitrogens with one attached hydrogen (secondary N) is 1. The molecule has 0 bridgehead atoms. The number of pyridine rings is 1. The molecule has 3 aliphatic rings. The van der Waals surface area contributed by atoms with Crippen LogP contribution in [0.1, 0.15) is 67.6 Å². The minimum Gasteiger partial charge on any atom is -0.383 e. The van der Waals surface area contributed by atoms with Gasteiger partial charge < -0.3 is 20.9 Å². The van der Waals surface area contributed by atoms with Crippen molar-refractivity contribution in [2.75, 3.05) is 37.7 Å². The predicted octanol–water partition coefficient (Wildman–Crippen LogP) is 4.83. The Morgan fingerprint density at radius 3 is 2.67 bits per heavy atom. The molecule has 1 saturated carbocycles. The van der Waals surface area contributed by atoms with Crippen molar-refractivity contribution in [1.82, 2.24) is 19.8 Å². The number of hydrogen-bond donors (Lipinski definition) is 2. The highest BCUT2D eigenvalue weighted by Gasteiger charge is 2.41. The van der Waals surface area contributed by atoms with Gasteiger partial charge in [0.1, 0.15) is 5.82 Å². The van der Waals surface area contributed by atoms with Crippen molar-refractivity contribution in [2.24, 2.45) is 17.8 Å². The number of hydrogen-bond acceptors (Lipinski definition) is 7. The first-order valence-corrected chi connectivity index (χ1v) is 15.1. The van der Waals surface area contributed by atoms with E-state index in [0.29, 0.717) is 36.3 Å². The number of thiazole rings is 1. The van der Waals surface area contributed by atoms with Crippen LogP contribution < -0.4 is 11.1 Å². The molecule has 2 atom stereocenters. The molecule has 2 aliphatic heterocycles. The van der Waals surface area contributed by atoms with Gasteiger partial charge in [-0.15, -0.1) is 11.3 Å². The molecule has 9 heteroatoms. The van der Waals surface area contributed by atoms with Gasteiger partial charge in [0.05, 0.1) is 33.2 Å². The number of nitrogens with two attached hydrogens (primary N) is 1. The molecular formula is C30H38N6O2S. The number of carbonyl (C=O) groups excluding carboxylic acids is 2. The third-order valence-corrected chi connectivity index (χ3v) is 10.2. The van der Waals surface area contributed by atoms with Gasteiger partial charge in [-0.05, 0) is 86.2 Å². The summed E-state index contributed by atoms with van der Waals surface area (Å²) < 4.78 is 1.20. The molecule has 8 nitrogen and oxygen atoms in total. The summed E-state index contributed by atoms with van der Waals surface area (Å²) >= 11 is 1.81. The number of nitrogens with zero attached hydrogens (tertiary/aromatic N) is 4. The van der Waals surface area contributed by atoms with Gasteiger partial charge in [0.15, 0.2) is 0 Å². The van der Waals surface area contributed by atoms with Crippen molar-refractivity contribution >= 4 is 44.9 Å². The van der Waals surface area contributed by atoms with Crippen molar-refractivity contribution in [3.63, 3.8) is 0 Å². The highest BCUT2D eigenvalue weighted by atomic mass is 32.1. The summed E-state index contributed by atoms with van der Waals surface area (Å²) in [5.74, 6) is 1.91. The van der Waals surface area contributed by atoms with Crippen LogP contribution in [0.5, 0.6) is 0 Å². The van der Waals surface area contributed by atoms with E-state index in [2.05, 4.69) is 47.4 Å². The minimum absolute atomic E-state index is 0.145. The standard InChI is InChI=1S/C30H38N6O2S/c1-4-18-11-23(13-32-27(18)31)33-28(37)30(38)36-14-17(2)5-7-25(36)19-6-8-26-24(12-19)34-29(39-26)21-9-20(10-21)22-15-35(3)16-22/h6,8,11-13,17,20-22,25H,4-5,7,9-10,14-16H2,1-3H3,(H2,31,32)(H,33,37)/t17-,20?,21?,25?/m0/s1. The second-order valence-corrected chi connectivity index (χ2v) is 13.0. The monoisotopic (exact) mass is 546 g/mol. The molecule has 39 heavy (non-hydrogen) atoms. The molecule has 1 unspecified atom stereocenters. The smallest absolute Gasteiger partial charge is 0.313 e. The van der Waals surface area contributed by atoms with Crippen LogP contribution >= 0.6 is 11.3 Å². The van der Waals surface area contributed by atoms with E-state index in [-0.39, 0.29) is 6.04 Å². The van der Waals surface area contributed by atoms with Crippen LogP contribution in [-0.2, 0) is 16.0 Å². The van der Waals surface area contributed by atoms with E-state index in [1.54, 1.807) is 11.0 Å². The molecule has 2 saturated heterocycles. The quantitative estimate of drug-likeness (QED) is 0.444. The SMILES string of the molecule is CCc1cc(NC(=O)C(=O)N2C[C@@H](C)CCC2c2ccc3sc(C4CC(C5CN(C)C5)C4)nc3c2)cnc1N. The van der Waals surface area contributed by atoms with Gasteiger partial charge in [-0.3, -0.25) is 9.59 Å². The van der Waals surface area contributed by atoms with Crippen molar-refractivity contribution in [2.45, 2.75) is 57.9 Å². The summed E-state index contributed by atoms with van der Waals surface area (Å²) in [5.41, 5.74) is 9.29. The lowest BCUT2D eigenvalue weighted by Gasteiger charge is -2.47. The molecule has 2 amide bonds. The van der Waals surface area contributed by atoms with Gasteiger partial charge in [0, 0.05) is 25.6 Å². The average molecular weight is 547 g/mol. The fraction of sp³-hybridized carbons (Fsp3) is 0.533. The molecule has 206 valence electrons. The van der Waals surface area contributed by atoms with E-state index in [9.17, 15) is 9.59 Å². The van der Waals surface area contributed by atoms with E-state index in [4.69, 9.17) is 10.7 Å². The van der Waals surface area contributed by atoms with Gasteiger partial charge in [-0.1, -0.05) is 19.9 Å². The number of piperidine rings is 1. The van der Waals surface area contributed by atoms with Gasteiger partial charge in [-0.2, -0.15) is 0 Å². The Labute approximate surface area is 234 Å². The topological polar surface area (TPSA) is 104 Å². The van der Waals surface area contributed by atoms with Gasteiger partial charge >= 0.3 is 11.8 Å². The third kappa shape index (κ3) is 5.14. The number of likely N-dealkylation sites (tertiary alicyclic amines) is 2. The number of fused-ring (bicyclic) bond motifs is 1. The zero-order valence-corrected chi connectivity index (χ0v) is 23.8. The molecule has 1 aliphatic carbocycles. The second-order valence-electron chi connectivity index (χ2n) is 11.9. The van der Waals surface area contributed by atoms with E-state index in [0.717, 1.165) is 41.3 Å². The summed E-state index contributed by atoms with van der Waals surface area (Å²) in [5, 5.41) is 4.00. The summed E-state index contributed by atoms with van der Waals surface area (Å²) in [6.45, 7) is 7.14. The Balaban J connectivity index is 1.17. The average Bonchev–Trinajstić information content (AvgIpc) is 3.30. The number of carbonyl (C=O) groups is 2. The van der Waals surface area contributed by atoms with Crippen molar-refractivity contribution in [1.29, 1.82) is 0 Å². The van der Waals surface area contributed by atoms with E-state index < -0.39 is 11.8 Å². The van der Waals surface area contributed by atoms with Gasteiger partial charge in [0.2, 0.25) is 0 Å². The first kappa shape index (κ1) is 26.2. The molecule has 1 aromatic carbocycles. The number of anilines is 2. The molecule has 0 radical (unpaired) electrons. The van der Waals surface area contributed by atoms with Crippen LogP contribution in [0.15, 0.2) is 30.5 Å². The number of rotatable bonds is 5. The molecule has 3 N–H and O–H groups in total. The Morgan fingerprint density at radius 1 is 1.13 bits per heavy atom. The Hall–Kier alpha value is -3.04. The van der Waals surface area contributed by atoms with Crippen LogP contribution in [0.4, 0.5) is 11.5 Å². The molecule has 4 heterocycles. The maximum atomic E-state index is 13.4. The fourth-order valence-electron chi connectivity index (χ4n) is 6.55. The molecule has 3 fully saturated rings. The normalized spacial score (nSPS) is 25.8. The maximum absolute atomic E-state index is 13.4.